The minimum Gasteiger partial charge on any atom is -0.119 e. The van der Waals surface area contributed by atoms with E-state index < -0.39 is 0 Å². The first kappa shape index (κ1) is 7.04. The number of hydrogen-bond donors (Lipinski definition) is 0. The van der Waals surface area contributed by atoms with Crippen molar-refractivity contribution in [1.29, 1.82) is 0 Å². The van der Waals surface area contributed by atoms with Crippen molar-refractivity contribution in [2.45, 2.75) is 18.7 Å². The van der Waals surface area contributed by atoms with E-state index in [1.54, 1.807) is 0 Å². The normalized spacial score (nSPS) is 13.6. The molecule has 0 fully saturated rings. The van der Waals surface area contributed by atoms with Crippen molar-refractivity contribution in [2.24, 2.45) is 5.92 Å². The molecule has 1 heteroatoms. The SMILES string of the molecule is C#CC(Br)C(C)C. The maximum absolute atomic E-state index is 5.08. The molecule has 0 aliphatic carbocycles. The molecule has 40 valence electrons. The largest absolute Gasteiger partial charge is 0.119 e. The third kappa shape index (κ3) is 2.70. The van der Waals surface area contributed by atoms with Crippen LogP contribution in [0.5, 0.6) is 0 Å². The minimum atomic E-state index is 0.243. The van der Waals surface area contributed by atoms with Gasteiger partial charge in [-0.3, -0.25) is 0 Å². The van der Waals surface area contributed by atoms with Crippen LogP contribution in [0.2, 0.25) is 0 Å². The number of rotatable bonds is 1. The molecule has 0 saturated carbocycles. The summed E-state index contributed by atoms with van der Waals surface area (Å²) in [6, 6.07) is 0. The van der Waals surface area contributed by atoms with E-state index in [0.29, 0.717) is 5.92 Å². The molecule has 0 aliphatic heterocycles. The molecule has 0 N–H and O–H groups in total. The number of hydrogen-bond acceptors (Lipinski definition) is 0. The van der Waals surface area contributed by atoms with E-state index in [0.717, 1.165) is 0 Å². The topological polar surface area (TPSA) is 0 Å². The van der Waals surface area contributed by atoms with E-state index in [9.17, 15) is 0 Å². The molecule has 0 saturated heterocycles. The Morgan fingerprint density at radius 2 is 2.00 bits per heavy atom. The fourth-order valence-electron chi connectivity index (χ4n) is 0.192. The summed E-state index contributed by atoms with van der Waals surface area (Å²) in [5.41, 5.74) is 0. The molecule has 0 spiro atoms. The van der Waals surface area contributed by atoms with Gasteiger partial charge in [-0.15, -0.1) is 6.42 Å². The average molecular weight is 161 g/mol. The predicted molar refractivity (Wildman–Crippen MR) is 36.4 cm³/mol. The molecule has 0 bridgehead atoms. The van der Waals surface area contributed by atoms with Gasteiger partial charge >= 0.3 is 0 Å². The molecule has 0 aliphatic rings. The van der Waals surface area contributed by atoms with Gasteiger partial charge in [-0.05, 0) is 5.92 Å². The van der Waals surface area contributed by atoms with Crippen LogP contribution < -0.4 is 0 Å². The van der Waals surface area contributed by atoms with Gasteiger partial charge in [0.2, 0.25) is 0 Å². The van der Waals surface area contributed by atoms with Gasteiger partial charge in [-0.1, -0.05) is 35.7 Å². The van der Waals surface area contributed by atoms with Crippen LogP contribution in [0.1, 0.15) is 13.8 Å². The van der Waals surface area contributed by atoms with Crippen LogP contribution >= 0.6 is 15.9 Å². The smallest absolute Gasteiger partial charge is 0.0774 e. The third-order valence-electron chi connectivity index (χ3n) is 0.745. The van der Waals surface area contributed by atoms with Gasteiger partial charge in [0.25, 0.3) is 0 Å². The van der Waals surface area contributed by atoms with Gasteiger partial charge in [0.1, 0.15) is 0 Å². The second-order valence-electron chi connectivity index (χ2n) is 1.81. The van der Waals surface area contributed by atoms with Gasteiger partial charge in [-0.25, -0.2) is 0 Å². The quantitative estimate of drug-likeness (QED) is 0.407. The summed E-state index contributed by atoms with van der Waals surface area (Å²) in [5.74, 6) is 3.13. The molecule has 0 rings (SSSR count). The first-order valence-electron chi connectivity index (χ1n) is 2.28. The van der Waals surface area contributed by atoms with Crippen LogP contribution in [0.3, 0.4) is 0 Å². The molecule has 0 aromatic heterocycles. The standard InChI is InChI=1S/C6H9Br/c1-4-6(7)5(2)3/h1,5-6H,2-3H3. The van der Waals surface area contributed by atoms with E-state index in [2.05, 4.69) is 35.7 Å². The van der Waals surface area contributed by atoms with Gasteiger partial charge < -0.3 is 0 Å². The van der Waals surface area contributed by atoms with Crippen molar-refractivity contribution in [3.63, 3.8) is 0 Å². The highest BCUT2D eigenvalue weighted by molar-refractivity contribution is 9.09. The zero-order chi connectivity index (χ0) is 5.86. The minimum absolute atomic E-state index is 0.243. The zero-order valence-corrected chi connectivity index (χ0v) is 6.20. The predicted octanol–water partition coefficient (Wildman–Crippen LogP) is 2.04. The second kappa shape index (κ2) is 3.10. The van der Waals surface area contributed by atoms with Crippen LogP contribution in [-0.2, 0) is 0 Å². The zero-order valence-electron chi connectivity index (χ0n) is 4.61. The van der Waals surface area contributed by atoms with Crippen LogP contribution in [-0.4, -0.2) is 4.83 Å². The fourth-order valence-corrected chi connectivity index (χ4v) is 0.192. The number of terminal acetylenes is 1. The van der Waals surface area contributed by atoms with E-state index in [1.165, 1.54) is 0 Å². The molecule has 1 unspecified atom stereocenters. The van der Waals surface area contributed by atoms with Gasteiger partial charge in [0, 0.05) is 0 Å². The Kier molecular flexibility index (Phi) is 3.11. The highest BCUT2D eigenvalue weighted by atomic mass is 79.9. The first-order valence-corrected chi connectivity index (χ1v) is 3.20. The highest BCUT2D eigenvalue weighted by Crippen LogP contribution is 2.08. The van der Waals surface area contributed by atoms with Crippen molar-refractivity contribution in [2.75, 3.05) is 0 Å². The fraction of sp³-hybridized carbons (Fsp3) is 0.667. The second-order valence-corrected chi connectivity index (χ2v) is 2.80. The van der Waals surface area contributed by atoms with E-state index in [4.69, 9.17) is 6.42 Å². The summed E-state index contributed by atoms with van der Waals surface area (Å²) in [4.78, 5) is 0.243. The molecular formula is C6H9Br. The molecule has 0 heterocycles. The van der Waals surface area contributed by atoms with Crippen molar-refractivity contribution < 1.29 is 0 Å². The summed E-state index contributed by atoms with van der Waals surface area (Å²) in [7, 11) is 0. The van der Waals surface area contributed by atoms with E-state index >= 15 is 0 Å². The number of alkyl halides is 1. The average Bonchev–Trinajstić information content (AvgIpc) is 1.65. The van der Waals surface area contributed by atoms with E-state index in [1.807, 2.05) is 0 Å². The monoisotopic (exact) mass is 160 g/mol. The van der Waals surface area contributed by atoms with Crippen LogP contribution in [0, 0.1) is 18.3 Å². The Morgan fingerprint density at radius 3 is 2.00 bits per heavy atom. The van der Waals surface area contributed by atoms with Crippen molar-refractivity contribution in [3.05, 3.63) is 0 Å². The van der Waals surface area contributed by atoms with Gasteiger partial charge in [-0.2, -0.15) is 0 Å². The van der Waals surface area contributed by atoms with Gasteiger partial charge in [0.05, 0.1) is 4.83 Å². The van der Waals surface area contributed by atoms with Gasteiger partial charge in [0.15, 0.2) is 0 Å². The molecule has 0 amide bonds. The van der Waals surface area contributed by atoms with Crippen molar-refractivity contribution >= 4 is 15.9 Å². The Hall–Kier alpha value is 0.0400. The lowest BCUT2D eigenvalue weighted by atomic mass is 10.1. The Morgan fingerprint density at radius 1 is 1.57 bits per heavy atom. The Labute approximate surface area is 53.4 Å². The number of halogens is 1. The van der Waals surface area contributed by atoms with Crippen LogP contribution in [0.25, 0.3) is 0 Å². The molecule has 0 aromatic carbocycles. The lowest BCUT2D eigenvalue weighted by Gasteiger charge is -2.02. The van der Waals surface area contributed by atoms with E-state index in [-0.39, 0.29) is 4.83 Å². The molecule has 1 atom stereocenters. The van der Waals surface area contributed by atoms with Crippen LogP contribution in [0.15, 0.2) is 0 Å². The molecule has 0 radical (unpaired) electrons. The Balaban J connectivity index is 3.40. The lowest BCUT2D eigenvalue weighted by molar-refractivity contribution is 0.698. The maximum atomic E-state index is 5.08. The Bertz CT molecular complexity index is 78.7. The molecule has 0 aromatic rings. The molecular weight excluding hydrogens is 152 g/mol. The summed E-state index contributed by atoms with van der Waals surface area (Å²) < 4.78 is 0. The summed E-state index contributed by atoms with van der Waals surface area (Å²) in [6.45, 7) is 4.17. The summed E-state index contributed by atoms with van der Waals surface area (Å²) in [5, 5.41) is 0. The third-order valence-corrected chi connectivity index (χ3v) is 2.07. The van der Waals surface area contributed by atoms with Crippen LogP contribution in [0.4, 0.5) is 0 Å². The molecule has 7 heavy (non-hydrogen) atoms. The first-order chi connectivity index (χ1) is 3.18. The lowest BCUT2D eigenvalue weighted by Crippen LogP contribution is -2.01. The summed E-state index contributed by atoms with van der Waals surface area (Å²) >= 11 is 3.30. The highest BCUT2D eigenvalue weighted by Gasteiger charge is 2.01. The molecule has 0 nitrogen and oxygen atoms in total. The summed E-state index contributed by atoms with van der Waals surface area (Å²) in [6.07, 6.45) is 5.08. The maximum Gasteiger partial charge on any atom is 0.0774 e. The van der Waals surface area contributed by atoms with Crippen molar-refractivity contribution in [1.82, 2.24) is 0 Å². The van der Waals surface area contributed by atoms with Crippen molar-refractivity contribution in [3.8, 4) is 12.3 Å².